The van der Waals surface area contributed by atoms with Gasteiger partial charge in [-0.1, -0.05) is 13.8 Å². The Morgan fingerprint density at radius 2 is 1.81 bits per heavy atom. The van der Waals surface area contributed by atoms with Crippen LogP contribution in [0.4, 0.5) is 5.69 Å². The lowest BCUT2D eigenvalue weighted by atomic mass is 10.0. The molecule has 0 unspecified atom stereocenters. The standard InChI is InChI=1S/C12H18N4/c1-6(2)9-8(4)16(5)12-10(13)7(3)14-15-11(9)12/h6H,1-5H3,(H2,13,15). The highest BCUT2D eigenvalue weighted by Crippen LogP contribution is 2.32. The van der Waals surface area contributed by atoms with Crippen LogP contribution in [0.15, 0.2) is 0 Å². The second-order valence-electron chi connectivity index (χ2n) is 4.61. The van der Waals surface area contributed by atoms with Gasteiger partial charge in [0.05, 0.1) is 16.9 Å². The van der Waals surface area contributed by atoms with Crippen LogP contribution in [-0.2, 0) is 7.05 Å². The Balaban J connectivity index is 2.96. The monoisotopic (exact) mass is 218 g/mol. The number of aryl methyl sites for hydroxylation is 2. The van der Waals surface area contributed by atoms with Gasteiger partial charge in [0.2, 0.25) is 0 Å². The normalized spacial score (nSPS) is 11.6. The quantitative estimate of drug-likeness (QED) is 0.799. The van der Waals surface area contributed by atoms with Gasteiger partial charge in [0, 0.05) is 18.3 Å². The van der Waals surface area contributed by atoms with Gasteiger partial charge in [0.15, 0.2) is 0 Å². The first kappa shape index (κ1) is 10.9. The summed E-state index contributed by atoms with van der Waals surface area (Å²) < 4.78 is 2.11. The van der Waals surface area contributed by atoms with Gasteiger partial charge in [-0.05, 0) is 19.8 Å². The average Bonchev–Trinajstić information content (AvgIpc) is 2.46. The van der Waals surface area contributed by atoms with Crippen molar-refractivity contribution in [2.45, 2.75) is 33.6 Å². The molecule has 0 saturated carbocycles. The number of anilines is 1. The maximum atomic E-state index is 6.08. The number of nitrogen functional groups attached to an aromatic ring is 1. The number of hydrogen-bond donors (Lipinski definition) is 1. The molecular formula is C12H18N4. The summed E-state index contributed by atoms with van der Waals surface area (Å²) >= 11 is 0. The van der Waals surface area contributed by atoms with E-state index >= 15 is 0 Å². The van der Waals surface area contributed by atoms with Crippen molar-refractivity contribution in [3.63, 3.8) is 0 Å². The second-order valence-corrected chi connectivity index (χ2v) is 4.61. The van der Waals surface area contributed by atoms with Crippen molar-refractivity contribution in [3.8, 4) is 0 Å². The summed E-state index contributed by atoms with van der Waals surface area (Å²) in [6, 6.07) is 0. The first-order chi connectivity index (χ1) is 7.45. The summed E-state index contributed by atoms with van der Waals surface area (Å²) in [6.07, 6.45) is 0. The maximum absolute atomic E-state index is 6.08. The van der Waals surface area contributed by atoms with E-state index in [1.165, 1.54) is 11.3 Å². The summed E-state index contributed by atoms with van der Waals surface area (Å²) in [7, 11) is 2.03. The molecule has 2 N–H and O–H groups in total. The highest BCUT2D eigenvalue weighted by atomic mass is 15.1. The first-order valence-corrected chi connectivity index (χ1v) is 5.52. The van der Waals surface area contributed by atoms with Crippen molar-refractivity contribution in [2.24, 2.45) is 7.05 Å². The minimum atomic E-state index is 0.431. The van der Waals surface area contributed by atoms with E-state index < -0.39 is 0 Å². The van der Waals surface area contributed by atoms with E-state index in [9.17, 15) is 0 Å². The largest absolute Gasteiger partial charge is 0.395 e. The Labute approximate surface area is 95.5 Å². The fraction of sp³-hybridized carbons (Fsp3) is 0.500. The van der Waals surface area contributed by atoms with Gasteiger partial charge in [0.1, 0.15) is 5.52 Å². The van der Waals surface area contributed by atoms with E-state index in [0.717, 1.165) is 22.4 Å². The topological polar surface area (TPSA) is 56.7 Å². The minimum Gasteiger partial charge on any atom is -0.395 e. The van der Waals surface area contributed by atoms with Gasteiger partial charge >= 0.3 is 0 Å². The number of nitrogens with two attached hydrogens (primary N) is 1. The van der Waals surface area contributed by atoms with Gasteiger partial charge in [-0.15, -0.1) is 5.10 Å². The summed E-state index contributed by atoms with van der Waals surface area (Å²) in [5.74, 6) is 0.431. The van der Waals surface area contributed by atoms with Crippen molar-refractivity contribution >= 4 is 16.7 Å². The van der Waals surface area contributed by atoms with Crippen LogP contribution >= 0.6 is 0 Å². The van der Waals surface area contributed by atoms with E-state index in [-0.39, 0.29) is 0 Å². The van der Waals surface area contributed by atoms with Crippen LogP contribution in [0.25, 0.3) is 11.0 Å². The zero-order valence-electron chi connectivity index (χ0n) is 10.5. The lowest BCUT2D eigenvalue weighted by Crippen LogP contribution is -2.00. The van der Waals surface area contributed by atoms with Crippen LogP contribution in [-0.4, -0.2) is 14.8 Å². The number of hydrogen-bond acceptors (Lipinski definition) is 3. The SMILES string of the molecule is Cc1nnc2c(C(C)C)c(C)n(C)c2c1N. The predicted molar refractivity (Wildman–Crippen MR) is 66.5 cm³/mol. The Morgan fingerprint density at radius 3 is 2.38 bits per heavy atom. The maximum Gasteiger partial charge on any atom is 0.117 e. The van der Waals surface area contributed by atoms with Crippen molar-refractivity contribution in [1.82, 2.24) is 14.8 Å². The second kappa shape index (κ2) is 3.47. The summed E-state index contributed by atoms with van der Waals surface area (Å²) in [5.41, 5.74) is 12.0. The number of nitrogens with zero attached hydrogens (tertiary/aromatic N) is 3. The van der Waals surface area contributed by atoms with E-state index in [0.29, 0.717) is 5.92 Å². The van der Waals surface area contributed by atoms with Crippen LogP contribution in [0.2, 0.25) is 0 Å². The van der Waals surface area contributed by atoms with Crippen molar-refractivity contribution in [3.05, 3.63) is 17.0 Å². The first-order valence-electron chi connectivity index (χ1n) is 5.52. The molecule has 16 heavy (non-hydrogen) atoms. The van der Waals surface area contributed by atoms with Crippen LogP contribution in [0.3, 0.4) is 0 Å². The van der Waals surface area contributed by atoms with Gasteiger partial charge in [0.25, 0.3) is 0 Å². The lowest BCUT2D eigenvalue weighted by Gasteiger charge is -2.04. The minimum absolute atomic E-state index is 0.431. The third-order valence-corrected chi connectivity index (χ3v) is 3.23. The van der Waals surface area contributed by atoms with Gasteiger partial charge in [-0.2, -0.15) is 5.10 Å². The number of aromatic nitrogens is 3. The summed E-state index contributed by atoms with van der Waals surface area (Å²) in [5, 5.41) is 8.41. The Morgan fingerprint density at radius 1 is 1.19 bits per heavy atom. The molecule has 0 aliphatic carbocycles. The van der Waals surface area contributed by atoms with Crippen LogP contribution in [0.1, 0.15) is 36.7 Å². The van der Waals surface area contributed by atoms with Gasteiger partial charge in [-0.25, -0.2) is 0 Å². The van der Waals surface area contributed by atoms with Crippen LogP contribution < -0.4 is 5.73 Å². The zero-order chi connectivity index (χ0) is 12.0. The molecule has 2 heterocycles. The molecule has 86 valence electrons. The van der Waals surface area contributed by atoms with E-state index in [1.807, 2.05) is 14.0 Å². The molecule has 0 aliphatic heterocycles. The van der Waals surface area contributed by atoms with E-state index in [2.05, 4.69) is 35.5 Å². The van der Waals surface area contributed by atoms with E-state index in [1.54, 1.807) is 0 Å². The lowest BCUT2D eigenvalue weighted by molar-refractivity contribution is 0.827. The number of fused-ring (bicyclic) bond motifs is 1. The Hall–Kier alpha value is -1.58. The van der Waals surface area contributed by atoms with Crippen LogP contribution in [0, 0.1) is 13.8 Å². The molecular weight excluding hydrogens is 200 g/mol. The molecule has 0 amide bonds. The highest BCUT2D eigenvalue weighted by molar-refractivity contribution is 5.91. The highest BCUT2D eigenvalue weighted by Gasteiger charge is 2.19. The van der Waals surface area contributed by atoms with Crippen molar-refractivity contribution in [2.75, 3.05) is 5.73 Å². The van der Waals surface area contributed by atoms with Crippen molar-refractivity contribution < 1.29 is 0 Å². The summed E-state index contributed by atoms with van der Waals surface area (Å²) in [4.78, 5) is 0. The van der Waals surface area contributed by atoms with E-state index in [4.69, 9.17) is 5.73 Å². The molecule has 4 nitrogen and oxygen atoms in total. The Kier molecular flexibility index (Phi) is 2.37. The third-order valence-electron chi connectivity index (χ3n) is 3.23. The van der Waals surface area contributed by atoms with Crippen LogP contribution in [0.5, 0.6) is 0 Å². The molecule has 0 saturated heterocycles. The molecule has 2 rings (SSSR count). The molecule has 2 aromatic rings. The molecule has 4 heteroatoms. The van der Waals surface area contributed by atoms with Crippen molar-refractivity contribution in [1.29, 1.82) is 0 Å². The number of rotatable bonds is 1. The smallest absolute Gasteiger partial charge is 0.117 e. The molecule has 0 fully saturated rings. The predicted octanol–water partition coefficient (Wildman–Crippen LogP) is 2.29. The zero-order valence-corrected chi connectivity index (χ0v) is 10.5. The molecule has 0 atom stereocenters. The van der Waals surface area contributed by atoms with Gasteiger partial charge < -0.3 is 10.3 Å². The average molecular weight is 218 g/mol. The molecule has 0 aliphatic rings. The summed E-state index contributed by atoms with van der Waals surface area (Å²) in [6.45, 7) is 8.32. The molecule has 0 aromatic carbocycles. The third kappa shape index (κ3) is 1.29. The Bertz CT molecular complexity index is 552. The molecule has 0 bridgehead atoms. The fourth-order valence-corrected chi connectivity index (χ4v) is 2.26. The molecule has 2 aromatic heterocycles. The fourth-order valence-electron chi connectivity index (χ4n) is 2.26. The molecule has 0 spiro atoms. The molecule has 0 radical (unpaired) electrons. The van der Waals surface area contributed by atoms with Gasteiger partial charge in [-0.3, -0.25) is 0 Å².